The molecule has 0 bridgehead atoms. The number of benzene rings is 1. The summed E-state index contributed by atoms with van der Waals surface area (Å²) in [5.74, 6) is -0.0844. The highest BCUT2D eigenvalue weighted by Gasteiger charge is 2.47. The van der Waals surface area contributed by atoms with E-state index in [0.717, 1.165) is 23.3 Å². The standard InChI is InChI=1S/C24H30F3N5O/c25-24(26,27)21-15-20(17-7-3-1-4-8-17)29-22-19(16-28-32(21)22)23(33)31-13-11-30(12-14-31)18-9-5-2-6-10-18/h1,3-4,7-8,16,18,20-21,29H,2,5-6,9-15H2. The maximum atomic E-state index is 13.9. The highest BCUT2D eigenvalue weighted by atomic mass is 19.4. The summed E-state index contributed by atoms with van der Waals surface area (Å²) in [6.45, 7) is 2.80. The third-order valence-electron chi connectivity index (χ3n) is 7.36. The van der Waals surface area contributed by atoms with E-state index >= 15 is 0 Å². The van der Waals surface area contributed by atoms with Gasteiger partial charge in [-0.25, -0.2) is 4.68 Å². The number of anilines is 1. The molecule has 1 aromatic heterocycles. The van der Waals surface area contributed by atoms with E-state index in [9.17, 15) is 18.0 Å². The Kier molecular flexibility index (Phi) is 6.07. The lowest BCUT2D eigenvalue weighted by Gasteiger charge is -2.41. The summed E-state index contributed by atoms with van der Waals surface area (Å²) in [6, 6.07) is 7.35. The van der Waals surface area contributed by atoms with E-state index in [0.29, 0.717) is 19.1 Å². The summed E-state index contributed by atoms with van der Waals surface area (Å²) in [6.07, 6.45) is 2.94. The normalized spacial score (nSPS) is 24.9. The van der Waals surface area contributed by atoms with Crippen LogP contribution in [0.25, 0.3) is 0 Å². The van der Waals surface area contributed by atoms with Crippen molar-refractivity contribution >= 4 is 11.7 Å². The van der Waals surface area contributed by atoms with Crippen LogP contribution in [0.1, 0.15) is 66.5 Å². The first-order chi connectivity index (χ1) is 15.9. The van der Waals surface area contributed by atoms with Gasteiger partial charge in [0.25, 0.3) is 5.91 Å². The van der Waals surface area contributed by atoms with Crippen molar-refractivity contribution in [1.82, 2.24) is 19.6 Å². The largest absolute Gasteiger partial charge is 0.410 e. The summed E-state index contributed by atoms with van der Waals surface area (Å²) in [4.78, 5) is 17.6. The minimum Gasteiger partial charge on any atom is -0.363 e. The molecular weight excluding hydrogens is 431 g/mol. The molecule has 2 aliphatic heterocycles. The molecule has 0 spiro atoms. The van der Waals surface area contributed by atoms with Gasteiger partial charge in [-0.15, -0.1) is 0 Å². The molecule has 178 valence electrons. The fourth-order valence-electron chi connectivity index (χ4n) is 5.53. The number of nitrogens with zero attached hydrogens (tertiary/aromatic N) is 4. The number of hydrogen-bond donors (Lipinski definition) is 1. The fraction of sp³-hybridized carbons (Fsp3) is 0.583. The van der Waals surface area contributed by atoms with Crippen molar-refractivity contribution in [2.45, 2.75) is 62.8 Å². The maximum absolute atomic E-state index is 13.9. The van der Waals surface area contributed by atoms with Gasteiger partial charge in [0.1, 0.15) is 11.4 Å². The number of aromatic nitrogens is 2. The summed E-state index contributed by atoms with van der Waals surface area (Å²) >= 11 is 0. The topological polar surface area (TPSA) is 53.4 Å². The number of amides is 1. The number of piperazine rings is 1. The van der Waals surface area contributed by atoms with Crippen LogP contribution in [0, 0.1) is 0 Å². The molecule has 2 aromatic rings. The van der Waals surface area contributed by atoms with Crippen molar-refractivity contribution in [1.29, 1.82) is 0 Å². The quantitative estimate of drug-likeness (QED) is 0.724. The lowest BCUT2D eigenvalue weighted by Crippen LogP contribution is -2.52. The van der Waals surface area contributed by atoms with Gasteiger partial charge in [-0.05, 0) is 18.4 Å². The van der Waals surface area contributed by atoms with Crippen molar-refractivity contribution < 1.29 is 18.0 Å². The van der Waals surface area contributed by atoms with Crippen LogP contribution in [0.4, 0.5) is 19.0 Å². The van der Waals surface area contributed by atoms with Crippen LogP contribution < -0.4 is 5.32 Å². The van der Waals surface area contributed by atoms with Gasteiger partial charge in [-0.2, -0.15) is 18.3 Å². The summed E-state index contributed by atoms with van der Waals surface area (Å²) in [5.41, 5.74) is 0.981. The zero-order valence-electron chi connectivity index (χ0n) is 18.6. The highest BCUT2D eigenvalue weighted by molar-refractivity contribution is 5.99. The molecule has 5 rings (SSSR count). The predicted molar refractivity (Wildman–Crippen MR) is 119 cm³/mol. The van der Waals surface area contributed by atoms with Crippen molar-refractivity contribution in [3.8, 4) is 0 Å². The third-order valence-corrected chi connectivity index (χ3v) is 7.36. The number of nitrogens with one attached hydrogen (secondary N) is 1. The molecule has 3 aliphatic rings. The van der Waals surface area contributed by atoms with Gasteiger partial charge in [0.15, 0.2) is 6.04 Å². The van der Waals surface area contributed by atoms with E-state index in [1.807, 2.05) is 30.3 Å². The Morgan fingerprint density at radius 1 is 1.00 bits per heavy atom. The smallest absolute Gasteiger partial charge is 0.363 e. The molecule has 2 fully saturated rings. The number of rotatable bonds is 3. The minimum atomic E-state index is -4.46. The molecule has 6 nitrogen and oxygen atoms in total. The number of fused-ring (bicyclic) bond motifs is 1. The molecular formula is C24H30F3N5O. The molecule has 0 radical (unpaired) electrons. The van der Waals surface area contributed by atoms with Crippen LogP contribution in [0.3, 0.4) is 0 Å². The SMILES string of the molecule is O=C(c1cnn2c1NC(c1ccccc1)CC2C(F)(F)F)N1CCN(C2CCCCC2)CC1. The summed E-state index contributed by atoms with van der Waals surface area (Å²) in [5, 5.41) is 7.20. The average Bonchev–Trinajstić information content (AvgIpc) is 3.27. The second-order valence-electron chi connectivity index (χ2n) is 9.37. The molecule has 1 saturated heterocycles. The number of hydrogen-bond acceptors (Lipinski definition) is 4. The van der Waals surface area contributed by atoms with Gasteiger partial charge in [0.2, 0.25) is 0 Å². The van der Waals surface area contributed by atoms with E-state index in [4.69, 9.17) is 0 Å². The van der Waals surface area contributed by atoms with Gasteiger partial charge >= 0.3 is 6.18 Å². The molecule has 33 heavy (non-hydrogen) atoms. The molecule has 1 aromatic carbocycles. The summed E-state index contributed by atoms with van der Waals surface area (Å²) < 4.78 is 42.7. The monoisotopic (exact) mass is 461 g/mol. The van der Waals surface area contributed by atoms with Crippen LogP contribution in [-0.2, 0) is 0 Å². The number of halogens is 3. The van der Waals surface area contributed by atoms with Crippen LogP contribution in [-0.4, -0.2) is 63.9 Å². The molecule has 1 N–H and O–H groups in total. The van der Waals surface area contributed by atoms with E-state index in [1.165, 1.54) is 38.3 Å². The van der Waals surface area contributed by atoms with Crippen molar-refractivity contribution in [2.75, 3.05) is 31.5 Å². The van der Waals surface area contributed by atoms with E-state index in [-0.39, 0.29) is 23.7 Å². The first-order valence-electron chi connectivity index (χ1n) is 11.9. The van der Waals surface area contributed by atoms with Crippen LogP contribution in [0.5, 0.6) is 0 Å². The van der Waals surface area contributed by atoms with Gasteiger partial charge in [-0.1, -0.05) is 49.6 Å². The lowest BCUT2D eigenvalue weighted by atomic mass is 9.94. The predicted octanol–water partition coefficient (Wildman–Crippen LogP) is 4.63. The molecule has 1 saturated carbocycles. The molecule has 2 unspecified atom stereocenters. The fourth-order valence-corrected chi connectivity index (χ4v) is 5.53. The van der Waals surface area contributed by atoms with Crippen molar-refractivity contribution in [3.63, 3.8) is 0 Å². The van der Waals surface area contributed by atoms with Crippen molar-refractivity contribution in [2.24, 2.45) is 0 Å². The number of carbonyl (C=O) groups is 1. The van der Waals surface area contributed by atoms with Crippen LogP contribution in [0.2, 0.25) is 0 Å². The Hall–Kier alpha value is -2.55. The highest BCUT2D eigenvalue weighted by Crippen LogP contribution is 2.44. The van der Waals surface area contributed by atoms with E-state index < -0.39 is 18.3 Å². The molecule has 9 heteroatoms. The van der Waals surface area contributed by atoms with Gasteiger partial charge in [-0.3, -0.25) is 9.69 Å². The molecule has 3 heterocycles. The van der Waals surface area contributed by atoms with E-state index in [2.05, 4.69) is 15.3 Å². The number of alkyl halides is 3. The van der Waals surface area contributed by atoms with Crippen LogP contribution in [0.15, 0.2) is 36.5 Å². The van der Waals surface area contributed by atoms with Crippen LogP contribution >= 0.6 is 0 Å². The van der Waals surface area contributed by atoms with Gasteiger partial charge in [0, 0.05) is 38.6 Å². The Morgan fingerprint density at radius 3 is 2.36 bits per heavy atom. The molecule has 1 aliphatic carbocycles. The molecule has 1 amide bonds. The summed E-state index contributed by atoms with van der Waals surface area (Å²) in [7, 11) is 0. The zero-order valence-corrected chi connectivity index (χ0v) is 18.6. The molecule has 2 atom stereocenters. The maximum Gasteiger partial charge on any atom is 0.410 e. The zero-order chi connectivity index (χ0) is 23.0. The van der Waals surface area contributed by atoms with Crippen molar-refractivity contribution in [3.05, 3.63) is 47.7 Å². The second-order valence-corrected chi connectivity index (χ2v) is 9.37. The number of carbonyl (C=O) groups excluding carboxylic acids is 1. The van der Waals surface area contributed by atoms with Gasteiger partial charge < -0.3 is 10.2 Å². The first kappa shape index (κ1) is 22.3. The Bertz CT molecular complexity index is 962. The third kappa shape index (κ3) is 4.47. The Balaban J connectivity index is 1.35. The Morgan fingerprint density at radius 2 is 1.70 bits per heavy atom. The lowest BCUT2D eigenvalue weighted by molar-refractivity contribution is -0.173. The second kappa shape index (κ2) is 9.00. The minimum absolute atomic E-state index is 0.164. The Labute approximate surface area is 191 Å². The van der Waals surface area contributed by atoms with Gasteiger partial charge in [0.05, 0.1) is 12.2 Å². The van der Waals surface area contributed by atoms with E-state index in [1.54, 1.807) is 4.90 Å². The average molecular weight is 462 g/mol. The first-order valence-corrected chi connectivity index (χ1v) is 11.9.